The quantitative estimate of drug-likeness (QED) is 0.895. The van der Waals surface area contributed by atoms with Gasteiger partial charge >= 0.3 is 0 Å². The number of nitrogens with zero attached hydrogens (tertiary/aromatic N) is 1. The van der Waals surface area contributed by atoms with Crippen LogP contribution < -0.4 is 5.32 Å². The van der Waals surface area contributed by atoms with E-state index in [2.05, 4.69) is 36.2 Å². The minimum atomic E-state index is -0.439. The van der Waals surface area contributed by atoms with Gasteiger partial charge in [0.05, 0.1) is 5.41 Å². The van der Waals surface area contributed by atoms with Gasteiger partial charge in [0.25, 0.3) is 0 Å². The van der Waals surface area contributed by atoms with Gasteiger partial charge < -0.3 is 10.2 Å². The van der Waals surface area contributed by atoms with Crippen LogP contribution in [0, 0.1) is 5.92 Å². The maximum atomic E-state index is 13.1. The molecular weight excluding hydrogens is 248 g/mol. The Kier molecular flexibility index (Phi) is 3.55. The van der Waals surface area contributed by atoms with Crippen molar-refractivity contribution < 1.29 is 4.79 Å². The Morgan fingerprint density at radius 2 is 2.00 bits per heavy atom. The zero-order valence-electron chi connectivity index (χ0n) is 12.4. The molecule has 0 bridgehead atoms. The van der Waals surface area contributed by atoms with Crippen molar-refractivity contribution in [2.75, 3.05) is 19.6 Å². The lowest BCUT2D eigenvalue weighted by atomic mass is 9.81. The summed E-state index contributed by atoms with van der Waals surface area (Å²) in [6.07, 6.45) is 2.40. The molecule has 2 heterocycles. The molecule has 3 rings (SSSR count). The fourth-order valence-corrected chi connectivity index (χ4v) is 3.66. The number of rotatable bonds is 2. The zero-order chi connectivity index (χ0) is 14.2. The minimum absolute atomic E-state index is 0.280. The molecule has 0 saturated carbocycles. The Bertz CT molecular complexity index is 483. The van der Waals surface area contributed by atoms with Crippen LogP contribution in [0.3, 0.4) is 0 Å². The lowest BCUT2D eigenvalue weighted by molar-refractivity contribution is -0.140. The second kappa shape index (κ2) is 5.21. The molecule has 0 spiro atoms. The van der Waals surface area contributed by atoms with Gasteiger partial charge in [0.2, 0.25) is 5.91 Å². The summed E-state index contributed by atoms with van der Waals surface area (Å²) in [5.74, 6) is 0.932. The third-order valence-electron chi connectivity index (χ3n) is 4.97. The number of benzene rings is 1. The maximum Gasteiger partial charge on any atom is 0.232 e. The molecule has 1 amide bonds. The number of hydrogen-bond donors (Lipinski definition) is 1. The Labute approximate surface area is 121 Å². The fourth-order valence-electron chi connectivity index (χ4n) is 3.66. The molecule has 3 nitrogen and oxygen atoms in total. The van der Waals surface area contributed by atoms with Crippen molar-refractivity contribution in [2.45, 2.75) is 38.1 Å². The highest BCUT2D eigenvalue weighted by molar-refractivity contribution is 5.87. The summed E-state index contributed by atoms with van der Waals surface area (Å²) < 4.78 is 0. The summed E-state index contributed by atoms with van der Waals surface area (Å²) in [5.41, 5.74) is 0.671. The van der Waals surface area contributed by atoms with Crippen molar-refractivity contribution in [1.82, 2.24) is 10.2 Å². The van der Waals surface area contributed by atoms with E-state index in [-0.39, 0.29) is 5.91 Å². The second-order valence-corrected chi connectivity index (χ2v) is 6.62. The van der Waals surface area contributed by atoms with Crippen molar-refractivity contribution in [3.05, 3.63) is 35.9 Å². The molecular formula is C17H24N2O. The van der Waals surface area contributed by atoms with Gasteiger partial charge in [0.1, 0.15) is 0 Å². The van der Waals surface area contributed by atoms with Crippen LogP contribution in [-0.2, 0) is 10.2 Å². The SMILES string of the molecule is CC(C)(C(=O)N1CCCC2CNCC21)c1ccccc1. The first-order valence-corrected chi connectivity index (χ1v) is 7.68. The number of carbonyl (C=O) groups is 1. The second-order valence-electron chi connectivity index (χ2n) is 6.62. The third-order valence-corrected chi connectivity index (χ3v) is 4.97. The Morgan fingerprint density at radius 3 is 2.75 bits per heavy atom. The molecule has 2 saturated heterocycles. The average molecular weight is 272 g/mol. The standard InChI is InChI=1S/C17H24N2O/c1-17(2,14-8-4-3-5-9-14)16(20)19-10-6-7-13-11-18-12-15(13)19/h3-5,8-9,13,15,18H,6-7,10-12H2,1-2H3. The molecule has 1 aromatic carbocycles. The zero-order valence-corrected chi connectivity index (χ0v) is 12.4. The molecule has 1 N–H and O–H groups in total. The lowest BCUT2D eigenvalue weighted by Crippen LogP contribution is -2.53. The van der Waals surface area contributed by atoms with Crippen LogP contribution in [-0.4, -0.2) is 36.5 Å². The van der Waals surface area contributed by atoms with Gasteiger partial charge in [0, 0.05) is 25.7 Å². The van der Waals surface area contributed by atoms with Crippen LogP contribution in [0.1, 0.15) is 32.3 Å². The highest BCUT2D eigenvalue weighted by Crippen LogP contribution is 2.32. The van der Waals surface area contributed by atoms with Gasteiger partial charge in [-0.15, -0.1) is 0 Å². The number of nitrogens with one attached hydrogen (secondary N) is 1. The highest BCUT2D eigenvalue weighted by atomic mass is 16.2. The molecule has 0 aromatic heterocycles. The van der Waals surface area contributed by atoms with Gasteiger partial charge in [-0.3, -0.25) is 4.79 Å². The summed E-state index contributed by atoms with van der Waals surface area (Å²) in [4.78, 5) is 15.2. The molecule has 0 radical (unpaired) electrons. The Morgan fingerprint density at radius 1 is 1.25 bits per heavy atom. The summed E-state index contributed by atoms with van der Waals surface area (Å²) in [6.45, 7) is 7.05. The number of amides is 1. The third kappa shape index (κ3) is 2.24. The monoisotopic (exact) mass is 272 g/mol. The summed E-state index contributed by atoms with van der Waals surface area (Å²) in [7, 11) is 0. The summed E-state index contributed by atoms with van der Waals surface area (Å²) >= 11 is 0. The van der Waals surface area contributed by atoms with Crippen molar-refractivity contribution >= 4 is 5.91 Å². The molecule has 20 heavy (non-hydrogen) atoms. The summed E-state index contributed by atoms with van der Waals surface area (Å²) in [6, 6.07) is 10.6. The van der Waals surface area contributed by atoms with Crippen molar-refractivity contribution in [3.63, 3.8) is 0 Å². The molecule has 2 fully saturated rings. The predicted molar refractivity (Wildman–Crippen MR) is 80.6 cm³/mol. The van der Waals surface area contributed by atoms with Crippen LogP contribution in [0.5, 0.6) is 0 Å². The number of likely N-dealkylation sites (tertiary alicyclic amines) is 1. The van der Waals surface area contributed by atoms with Gasteiger partial charge in [0.15, 0.2) is 0 Å². The molecule has 0 aliphatic carbocycles. The van der Waals surface area contributed by atoms with Gasteiger partial charge in [-0.1, -0.05) is 30.3 Å². The topological polar surface area (TPSA) is 32.3 Å². The first-order valence-electron chi connectivity index (χ1n) is 7.68. The minimum Gasteiger partial charge on any atom is -0.337 e. The van der Waals surface area contributed by atoms with Gasteiger partial charge in [-0.2, -0.15) is 0 Å². The van der Waals surface area contributed by atoms with Crippen LogP contribution >= 0.6 is 0 Å². The van der Waals surface area contributed by atoms with Crippen molar-refractivity contribution in [1.29, 1.82) is 0 Å². The largest absolute Gasteiger partial charge is 0.337 e. The molecule has 108 valence electrons. The van der Waals surface area contributed by atoms with Crippen LogP contribution in [0.25, 0.3) is 0 Å². The first kappa shape index (κ1) is 13.6. The van der Waals surface area contributed by atoms with E-state index in [1.54, 1.807) is 0 Å². The van der Waals surface area contributed by atoms with E-state index in [0.29, 0.717) is 12.0 Å². The number of piperidine rings is 1. The fraction of sp³-hybridized carbons (Fsp3) is 0.588. The molecule has 1 aromatic rings. The van der Waals surface area contributed by atoms with Crippen LogP contribution in [0.15, 0.2) is 30.3 Å². The first-order chi connectivity index (χ1) is 9.60. The van der Waals surface area contributed by atoms with Crippen LogP contribution in [0.4, 0.5) is 0 Å². The highest BCUT2D eigenvalue weighted by Gasteiger charge is 2.42. The molecule has 2 unspecified atom stereocenters. The van der Waals surface area contributed by atoms with E-state index in [4.69, 9.17) is 0 Å². The van der Waals surface area contributed by atoms with E-state index < -0.39 is 5.41 Å². The predicted octanol–water partition coefficient (Wildman–Crippen LogP) is 2.17. The van der Waals surface area contributed by atoms with E-state index in [1.165, 1.54) is 6.42 Å². The van der Waals surface area contributed by atoms with Gasteiger partial charge in [-0.05, 0) is 38.2 Å². The molecule has 2 atom stereocenters. The Balaban J connectivity index is 1.84. The molecule has 2 aliphatic heterocycles. The van der Waals surface area contributed by atoms with E-state index in [9.17, 15) is 4.79 Å². The smallest absolute Gasteiger partial charge is 0.232 e. The van der Waals surface area contributed by atoms with Crippen LogP contribution in [0.2, 0.25) is 0 Å². The number of carbonyl (C=O) groups excluding carboxylic acids is 1. The summed E-state index contributed by atoms with van der Waals surface area (Å²) in [5, 5.41) is 3.45. The van der Waals surface area contributed by atoms with Crippen molar-refractivity contribution in [3.8, 4) is 0 Å². The maximum absolute atomic E-state index is 13.1. The molecule has 3 heteroatoms. The normalized spacial score (nSPS) is 26.4. The lowest BCUT2D eigenvalue weighted by Gasteiger charge is -2.41. The Hall–Kier alpha value is -1.35. The number of hydrogen-bond acceptors (Lipinski definition) is 2. The number of fused-ring (bicyclic) bond motifs is 1. The van der Waals surface area contributed by atoms with Crippen molar-refractivity contribution in [2.24, 2.45) is 5.92 Å². The molecule has 2 aliphatic rings. The van der Waals surface area contributed by atoms with E-state index in [0.717, 1.165) is 31.6 Å². The average Bonchev–Trinajstić information content (AvgIpc) is 2.95. The van der Waals surface area contributed by atoms with E-state index >= 15 is 0 Å². The van der Waals surface area contributed by atoms with E-state index in [1.807, 2.05) is 18.2 Å². The van der Waals surface area contributed by atoms with Gasteiger partial charge in [-0.25, -0.2) is 0 Å².